The lowest BCUT2D eigenvalue weighted by atomic mass is 9.71. The maximum absolute atomic E-state index is 11.7. The van der Waals surface area contributed by atoms with Gasteiger partial charge in [-0.05, 0) is 18.3 Å². The first kappa shape index (κ1) is 7.71. The molecule has 4 unspecified atom stereocenters. The summed E-state index contributed by atoms with van der Waals surface area (Å²) in [5.41, 5.74) is 6.37. The van der Waals surface area contributed by atoms with Gasteiger partial charge in [0.1, 0.15) is 5.78 Å². The van der Waals surface area contributed by atoms with Crippen LogP contribution in [-0.4, -0.2) is 18.4 Å². The van der Waals surface area contributed by atoms with E-state index in [2.05, 4.69) is 23.0 Å². The van der Waals surface area contributed by atoms with Crippen molar-refractivity contribution in [2.45, 2.75) is 18.9 Å². The molecule has 1 heterocycles. The number of carbonyl (C=O) groups is 1. The first-order valence-corrected chi connectivity index (χ1v) is 5.04. The maximum atomic E-state index is 11.7. The summed E-state index contributed by atoms with van der Waals surface area (Å²) in [5.74, 6) is 1.91. The number of carbonyl (C=O) groups excluding carboxylic acids is 1. The normalized spacial score (nSPS) is 47.8. The molecule has 4 atom stereocenters. The highest BCUT2D eigenvalue weighted by molar-refractivity contribution is 5.85. The molecule has 1 aliphatic heterocycles. The molecular weight excluding hydrogens is 164 g/mol. The number of nitrogens with one attached hydrogen (secondary N) is 2. The molecule has 0 bridgehead atoms. The summed E-state index contributed by atoms with van der Waals surface area (Å²) in [6.07, 6.45) is 6.10. The highest BCUT2D eigenvalue weighted by atomic mass is 16.1. The molecule has 3 aliphatic rings. The van der Waals surface area contributed by atoms with Crippen molar-refractivity contribution in [1.82, 2.24) is 10.9 Å². The van der Waals surface area contributed by atoms with Crippen LogP contribution in [0.2, 0.25) is 0 Å². The highest BCUT2D eigenvalue weighted by Crippen LogP contribution is 2.40. The van der Waals surface area contributed by atoms with Gasteiger partial charge in [-0.3, -0.25) is 15.6 Å². The molecule has 70 valence electrons. The number of rotatable bonds is 0. The highest BCUT2D eigenvalue weighted by Gasteiger charge is 2.45. The van der Waals surface area contributed by atoms with Crippen LogP contribution >= 0.6 is 0 Å². The van der Waals surface area contributed by atoms with Gasteiger partial charge in [-0.15, -0.1) is 0 Å². The van der Waals surface area contributed by atoms with Gasteiger partial charge in [0.25, 0.3) is 0 Å². The summed E-state index contributed by atoms with van der Waals surface area (Å²) >= 11 is 0. The summed E-state index contributed by atoms with van der Waals surface area (Å²) in [4.78, 5) is 11.7. The molecule has 1 saturated heterocycles. The molecule has 0 aromatic carbocycles. The Morgan fingerprint density at radius 1 is 1.38 bits per heavy atom. The van der Waals surface area contributed by atoms with Gasteiger partial charge in [-0.25, -0.2) is 0 Å². The summed E-state index contributed by atoms with van der Waals surface area (Å²) in [5, 5.41) is 0. The van der Waals surface area contributed by atoms with Crippen LogP contribution in [0.15, 0.2) is 12.2 Å². The van der Waals surface area contributed by atoms with E-state index in [4.69, 9.17) is 0 Å². The largest absolute Gasteiger partial charge is 0.299 e. The van der Waals surface area contributed by atoms with Crippen molar-refractivity contribution in [1.29, 1.82) is 0 Å². The monoisotopic (exact) mass is 178 g/mol. The maximum Gasteiger partial charge on any atom is 0.141 e. The van der Waals surface area contributed by atoms with Crippen molar-refractivity contribution in [3.05, 3.63) is 12.2 Å². The minimum absolute atomic E-state index is 0.239. The Hall–Kier alpha value is -0.670. The number of allylic oxidation sites excluding steroid dienone is 2. The van der Waals surface area contributed by atoms with Crippen LogP contribution in [0.3, 0.4) is 0 Å². The van der Waals surface area contributed by atoms with Crippen molar-refractivity contribution >= 4 is 5.78 Å². The molecule has 3 rings (SSSR count). The van der Waals surface area contributed by atoms with Gasteiger partial charge in [0.2, 0.25) is 0 Å². The number of hydrazine groups is 1. The van der Waals surface area contributed by atoms with Gasteiger partial charge in [0, 0.05) is 24.9 Å². The lowest BCUT2D eigenvalue weighted by Gasteiger charge is -2.33. The van der Waals surface area contributed by atoms with Crippen LogP contribution in [0.25, 0.3) is 0 Å². The minimum atomic E-state index is 0.239. The van der Waals surface area contributed by atoms with Gasteiger partial charge in [0.15, 0.2) is 0 Å². The fourth-order valence-electron chi connectivity index (χ4n) is 3.02. The molecule has 0 spiro atoms. The summed E-state index contributed by atoms with van der Waals surface area (Å²) in [7, 11) is 0. The Balaban J connectivity index is 1.90. The zero-order valence-electron chi connectivity index (χ0n) is 7.49. The van der Waals surface area contributed by atoms with Crippen LogP contribution in [0, 0.1) is 17.8 Å². The van der Waals surface area contributed by atoms with E-state index in [1.807, 2.05) is 0 Å². The molecule has 13 heavy (non-hydrogen) atoms. The molecule has 3 nitrogen and oxygen atoms in total. The third kappa shape index (κ3) is 1.00. The molecule has 0 aromatic heterocycles. The van der Waals surface area contributed by atoms with Crippen molar-refractivity contribution in [2.75, 3.05) is 6.54 Å². The Morgan fingerprint density at radius 2 is 2.31 bits per heavy atom. The Bertz CT molecular complexity index is 274. The molecule has 3 heteroatoms. The van der Waals surface area contributed by atoms with E-state index in [1.165, 1.54) is 0 Å². The van der Waals surface area contributed by atoms with Crippen molar-refractivity contribution in [3.63, 3.8) is 0 Å². The van der Waals surface area contributed by atoms with Crippen LogP contribution < -0.4 is 10.9 Å². The van der Waals surface area contributed by atoms with E-state index in [0.29, 0.717) is 30.1 Å². The first-order chi connectivity index (χ1) is 6.36. The average Bonchev–Trinajstić information content (AvgIpc) is 2.66. The topological polar surface area (TPSA) is 41.1 Å². The zero-order valence-corrected chi connectivity index (χ0v) is 7.49. The molecule has 0 amide bonds. The van der Waals surface area contributed by atoms with Crippen LogP contribution in [0.5, 0.6) is 0 Å². The Labute approximate surface area is 77.5 Å². The molecule has 0 radical (unpaired) electrons. The standard InChI is InChI=1S/C10H14N2O/c13-10-4-9-8(5-11-12-9)6-2-1-3-7(6)10/h1,3,6-9,11-12H,2,4-5H2. The quantitative estimate of drug-likeness (QED) is 0.522. The Morgan fingerprint density at radius 3 is 3.23 bits per heavy atom. The molecular formula is C10H14N2O. The average molecular weight is 178 g/mol. The summed E-state index contributed by atoms with van der Waals surface area (Å²) < 4.78 is 0. The van der Waals surface area contributed by atoms with Gasteiger partial charge in [-0.2, -0.15) is 0 Å². The van der Waals surface area contributed by atoms with Gasteiger partial charge < -0.3 is 0 Å². The predicted molar refractivity (Wildman–Crippen MR) is 48.8 cm³/mol. The molecule has 0 aromatic rings. The zero-order chi connectivity index (χ0) is 8.84. The third-order valence-electron chi connectivity index (χ3n) is 3.70. The molecule has 1 saturated carbocycles. The molecule has 2 N–H and O–H groups in total. The first-order valence-electron chi connectivity index (χ1n) is 5.04. The molecule has 2 fully saturated rings. The van der Waals surface area contributed by atoms with E-state index >= 15 is 0 Å². The fraction of sp³-hybridized carbons (Fsp3) is 0.700. The number of Topliss-reactive ketones (excluding diaryl/α,β-unsaturated/α-hetero) is 1. The number of ketones is 1. The van der Waals surface area contributed by atoms with Gasteiger partial charge in [0.05, 0.1) is 0 Å². The van der Waals surface area contributed by atoms with Crippen molar-refractivity contribution < 1.29 is 4.79 Å². The van der Waals surface area contributed by atoms with E-state index < -0.39 is 0 Å². The number of fused-ring (bicyclic) bond motifs is 3. The van der Waals surface area contributed by atoms with Gasteiger partial charge in [-0.1, -0.05) is 12.2 Å². The van der Waals surface area contributed by atoms with Crippen LogP contribution in [0.1, 0.15) is 12.8 Å². The Kier molecular flexibility index (Phi) is 1.58. The number of hydrogen-bond acceptors (Lipinski definition) is 3. The van der Waals surface area contributed by atoms with E-state index in [0.717, 1.165) is 13.0 Å². The second-order valence-corrected chi connectivity index (χ2v) is 4.32. The fourth-order valence-corrected chi connectivity index (χ4v) is 3.02. The van der Waals surface area contributed by atoms with Gasteiger partial charge >= 0.3 is 0 Å². The van der Waals surface area contributed by atoms with E-state index in [-0.39, 0.29) is 5.92 Å². The molecule has 2 aliphatic carbocycles. The second kappa shape index (κ2) is 2.66. The lowest BCUT2D eigenvalue weighted by molar-refractivity contribution is -0.126. The van der Waals surface area contributed by atoms with Crippen LogP contribution in [-0.2, 0) is 4.79 Å². The smallest absolute Gasteiger partial charge is 0.141 e. The van der Waals surface area contributed by atoms with Crippen molar-refractivity contribution in [2.24, 2.45) is 17.8 Å². The predicted octanol–water partition coefficient (Wildman–Crippen LogP) is 0.244. The second-order valence-electron chi connectivity index (χ2n) is 4.32. The SMILES string of the molecule is O=C1CC2NNCC2C2CC=CC12. The summed E-state index contributed by atoms with van der Waals surface area (Å²) in [6.45, 7) is 1.03. The van der Waals surface area contributed by atoms with E-state index in [9.17, 15) is 4.79 Å². The van der Waals surface area contributed by atoms with Crippen molar-refractivity contribution in [3.8, 4) is 0 Å². The third-order valence-corrected chi connectivity index (χ3v) is 3.70. The minimum Gasteiger partial charge on any atom is -0.299 e. The van der Waals surface area contributed by atoms with Crippen LogP contribution in [0.4, 0.5) is 0 Å². The summed E-state index contributed by atoms with van der Waals surface area (Å²) in [6, 6.07) is 0.397. The lowest BCUT2D eigenvalue weighted by Crippen LogP contribution is -2.43. The van der Waals surface area contributed by atoms with E-state index in [1.54, 1.807) is 0 Å². The number of hydrogen-bond donors (Lipinski definition) is 2.